The summed E-state index contributed by atoms with van der Waals surface area (Å²) in [5, 5.41) is 0. The summed E-state index contributed by atoms with van der Waals surface area (Å²) in [4.78, 5) is 11.4. The predicted molar refractivity (Wildman–Crippen MR) is 64.9 cm³/mol. The molecule has 90 valence electrons. The standard InChI is InChI=1S/C13H15NO3/c1-16-12-9-10(5-3-4-8-14)6-7-11(12)13(15)17-2/h6-7,9H,4,8,14H2,1-2H3. The van der Waals surface area contributed by atoms with Gasteiger partial charge in [0, 0.05) is 18.5 Å². The van der Waals surface area contributed by atoms with Gasteiger partial charge in [-0.25, -0.2) is 4.79 Å². The summed E-state index contributed by atoms with van der Waals surface area (Å²) in [5.74, 6) is 5.89. The molecular weight excluding hydrogens is 218 g/mol. The van der Waals surface area contributed by atoms with E-state index in [0.717, 1.165) is 5.56 Å². The van der Waals surface area contributed by atoms with Gasteiger partial charge in [0.2, 0.25) is 0 Å². The fourth-order valence-electron chi connectivity index (χ4n) is 1.28. The summed E-state index contributed by atoms with van der Waals surface area (Å²) in [5.41, 5.74) is 6.51. The van der Waals surface area contributed by atoms with Crippen LogP contribution in [0.1, 0.15) is 22.3 Å². The summed E-state index contributed by atoms with van der Waals surface area (Å²) in [6, 6.07) is 5.09. The van der Waals surface area contributed by atoms with Crippen LogP contribution >= 0.6 is 0 Å². The number of esters is 1. The second-order valence-electron chi connectivity index (χ2n) is 3.25. The fourth-order valence-corrected chi connectivity index (χ4v) is 1.28. The van der Waals surface area contributed by atoms with Crippen molar-refractivity contribution in [2.45, 2.75) is 6.42 Å². The van der Waals surface area contributed by atoms with Gasteiger partial charge in [-0.2, -0.15) is 0 Å². The van der Waals surface area contributed by atoms with Crippen molar-refractivity contribution in [3.05, 3.63) is 29.3 Å². The van der Waals surface area contributed by atoms with Crippen LogP contribution < -0.4 is 10.5 Å². The van der Waals surface area contributed by atoms with Crippen LogP contribution in [0.25, 0.3) is 0 Å². The molecule has 4 heteroatoms. The van der Waals surface area contributed by atoms with Crippen LogP contribution in [-0.2, 0) is 4.74 Å². The molecule has 1 aromatic rings. The molecule has 4 nitrogen and oxygen atoms in total. The molecule has 0 aliphatic carbocycles. The van der Waals surface area contributed by atoms with Crippen LogP contribution in [0.3, 0.4) is 0 Å². The quantitative estimate of drug-likeness (QED) is 0.629. The molecule has 0 saturated carbocycles. The smallest absolute Gasteiger partial charge is 0.341 e. The minimum atomic E-state index is -0.427. The Balaban J connectivity index is 3.01. The van der Waals surface area contributed by atoms with E-state index in [1.165, 1.54) is 14.2 Å². The van der Waals surface area contributed by atoms with Gasteiger partial charge in [-0.1, -0.05) is 11.8 Å². The average Bonchev–Trinajstić information content (AvgIpc) is 2.38. The third-order valence-corrected chi connectivity index (χ3v) is 2.11. The van der Waals surface area contributed by atoms with Crippen molar-refractivity contribution in [3.63, 3.8) is 0 Å². The van der Waals surface area contributed by atoms with Gasteiger partial charge in [0.1, 0.15) is 11.3 Å². The highest BCUT2D eigenvalue weighted by atomic mass is 16.5. The molecule has 0 aromatic heterocycles. The Morgan fingerprint density at radius 1 is 1.41 bits per heavy atom. The molecule has 1 aromatic carbocycles. The molecule has 0 spiro atoms. The minimum Gasteiger partial charge on any atom is -0.496 e. The number of carbonyl (C=O) groups excluding carboxylic acids is 1. The number of nitrogens with two attached hydrogens (primary N) is 1. The van der Waals surface area contributed by atoms with E-state index in [2.05, 4.69) is 16.6 Å². The topological polar surface area (TPSA) is 61.5 Å². The monoisotopic (exact) mass is 233 g/mol. The molecule has 0 fully saturated rings. The van der Waals surface area contributed by atoms with Crippen LogP contribution in [0.15, 0.2) is 18.2 Å². The first-order valence-electron chi connectivity index (χ1n) is 5.18. The maximum absolute atomic E-state index is 11.4. The largest absolute Gasteiger partial charge is 0.496 e. The Morgan fingerprint density at radius 2 is 2.18 bits per heavy atom. The predicted octanol–water partition coefficient (Wildman–Crippen LogP) is 1.18. The van der Waals surface area contributed by atoms with Crippen LogP contribution in [0.2, 0.25) is 0 Å². The van der Waals surface area contributed by atoms with E-state index in [1.807, 2.05) is 0 Å². The highest BCUT2D eigenvalue weighted by molar-refractivity contribution is 5.92. The Labute approximate surface area is 101 Å². The molecule has 0 heterocycles. The summed E-state index contributed by atoms with van der Waals surface area (Å²) < 4.78 is 9.77. The molecule has 0 unspecified atom stereocenters. The van der Waals surface area contributed by atoms with E-state index >= 15 is 0 Å². The van der Waals surface area contributed by atoms with E-state index in [9.17, 15) is 4.79 Å². The maximum Gasteiger partial charge on any atom is 0.341 e. The third-order valence-electron chi connectivity index (χ3n) is 2.11. The number of rotatable bonds is 3. The van der Waals surface area contributed by atoms with Gasteiger partial charge in [0.05, 0.1) is 14.2 Å². The third kappa shape index (κ3) is 3.51. The average molecular weight is 233 g/mol. The van der Waals surface area contributed by atoms with Gasteiger partial charge in [0.25, 0.3) is 0 Å². The number of hydrogen-bond acceptors (Lipinski definition) is 4. The van der Waals surface area contributed by atoms with E-state index in [0.29, 0.717) is 24.3 Å². The number of ether oxygens (including phenoxy) is 2. The first kappa shape index (κ1) is 13.1. The second kappa shape index (κ2) is 6.56. The van der Waals surface area contributed by atoms with Gasteiger partial charge in [-0.15, -0.1) is 0 Å². The molecular formula is C13H15NO3. The summed E-state index contributed by atoms with van der Waals surface area (Å²) >= 11 is 0. The lowest BCUT2D eigenvalue weighted by molar-refractivity contribution is 0.0597. The fraction of sp³-hybridized carbons (Fsp3) is 0.308. The van der Waals surface area contributed by atoms with Crippen LogP contribution in [0.4, 0.5) is 0 Å². The molecule has 1 rings (SSSR count). The zero-order chi connectivity index (χ0) is 12.7. The van der Waals surface area contributed by atoms with E-state index in [1.54, 1.807) is 18.2 Å². The second-order valence-corrected chi connectivity index (χ2v) is 3.25. The summed E-state index contributed by atoms with van der Waals surface area (Å²) in [6.07, 6.45) is 0.640. The lowest BCUT2D eigenvalue weighted by atomic mass is 10.1. The van der Waals surface area contributed by atoms with Gasteiger partial charge < -0.3 is 15.2 Å². The molecule has 0 saturated heterocycles. The van der Waals surface area contributed by atoms with Gasteiger partial charge >= 0.3 is 5.97 Å². The minimum absolute atomic E-state index is 0.388. The first-order chi connectivity index (χ1) is 8.22. The van der Waals surface area contributed by atoms with Crippen molar-refractivity contribution < 1.29 is 14.3 Å². The van der Waals surface area contributed by atoms with Crippen molar-refractivity contribution in [1.82, 2.24) is 0 Å². The molecule has 0 aliphatic heterocycles. The molecule has 0 aliphatic rings. The number of benzene rings is 1. The van der Waals surface area contributed by atoms with E-state index in [4.69, 9.17) is 10.5 Å². The summed E-state index contributed by atoms with van der Waals surface area (Å²) in [6.45, 7) is 0.532. The highest BCUT2D eigenvalue weighted by Crippen LogP contribution is 2.20. The SMILES string of the molecule is COC(=O)c1ccc(C#CCCN)cc1OC. The van der Waals surface area contributed by atoms with Crippen molar-refractivity contribution in [1.29, 1.82) is 0 Å². The lowest BCUT2D eigenvalue weighted by Crippen LogP contribution is -2.04. The Kier molecular flexibility index (Phi) is 5.05. The van der Waals surface area contributed by atoms with Crippen LogP contribution in [0, 0.1) is 11.8 Å². The summed E-state index contributed by atoms with van der Waals surface area (Å²) in [7, 11) is 2.83. The lowest BCUT2D eigenvalue weighted by Gasteiger charge is -2.06. The van der Waals surface area contributed by atoms with Gasteiger partial charge in [0.15, 0.2) is 0 Å². The van der Waals surface area contributed by atoms with Gasteiger partial charge in [-0.3, -0.25) is 0 Å². The molecule has 0 atom stereocenters. The first-order valence-corrected chi connectivity index (χ1v) is 5.18. The van der Waals surface area contributed by atoms with Crippen molar-refractivity contribution in [3.8, 4) is 17.6 Å². The van der Waals surface area contributed by atoms with Crippen molar-refractivity contribution >= 4 is 5.97 Å². The zero-order valence-electron chi connectivity index (χ0n) is 9.95. The molecule has 0 bridgehead atoms. The Morgan fingerprint density at radius 3 is 2.76 bits per heavy atom. The van der Waals surface area contributed by atoms with Crippen LogP contribution in [0.5, 0.6) is 5.75 Å². The number of methoxy groups -OCH3 is 2. The number of hydrogen-bond donors (Lipinski definition) is 1. The molecule has 0 radical (unpaired) electrons. The van der Waals surface area contributed by atoms with E-state index < -0.39 is 5.97 Å². The van der Waals surface area contributed by atoms with Crippen LogP contribution in [-0.4, -0.2) is 26.7 Å². The number of carbonyl (C=O) groups is 1. The van der Waals surface area contributed by atoms with Crippen molar-refractivity contribution in [2.75, 3.05) is 20.8 Å². The Bertz CT molecular complexity index is 457. The van der Waals surface area contributed by atoms with Crippen molar-refractivity contribution in [2.24, 2.45) is 5.73 Å². The molecule has 0 amide bonds. The molecule has 2 N–H and O–H groups in total. The van der Waals surface area contributed by atoms with E-state index in [-0.39, 0.29) is 0 Å². The Hall–Kier alpha value is -1.99. The normalized spacial score (nSPS) is 9.12. The molecule has 17 heavy (non-hydrogen) atoms. The zero-order valence-corrected chi connectivity index (χ0v) is 9.95. The van der Waals surface area contributed by atoms with Gasteiger partial charge in [-0.05, 0) is 18.2 Å². The highest BCUT2D eigenvalue weighted by Gasteiger charge is 2.12. The maximum atomic E-state index is 11.4.